The lowest BCUT2D eigenvalue weighted by Gasteiger charge is -2.20. The molecule has 0 spiro atoms. The van der Waals surface area contributed by atoms with Crippen molar-refractivity contribution in [1.29, 1.82) is 0 Å². The summed E-state index contributed by atoms with van der Waals surface area (Å²) in [5.41, 5.74) is 6.81. The molecule has 6 heteroatoms. The van der Waals surface area contributed by atoms with Crippen molar-refractivity contribution in [3.63, 3.8) is 0 Å². The van der Waals surface area contributed by atoms with E-state index in [-0.39, 0.29) is 5.41 Å². The van der Waals surface area contributed by atoms with E-state index in [1.165, 1.54) is 0 Å². The number of rotatable bonds is 3. The molecule has 2 heterocycles. The molecule has 0 aliphatic carbocycles. The zero-order chi connectivity index (χ0) is 13.3. The smallest absolute Gasteiger partial charge is 0.169 e. The summed E-state index contributed by atoms with van der Waals surface area (Å²) in [5.74, 6) is 1.55. The first kappa shape index (κ1) is 12.6. The van der Waals surface area contributed by atoms with E-state index in [0.717, 1.165) is 24.5 Å². The summed E-state index contributed by atoms with van der Waals surface area (Å²) < 4.78 is 3.89. The minimum Gasteiger partial charge on any atom is -0.381 e. The van der Waals surface area contributed by atoms with Gasteiger partial charge in [0, 0.05) is 31.3 Å². The summed E-state index contributed by atoms with van der Waals surface area (Å²) in [6.07, 6.45) is 4.56. The number of hydrogen-bond donors (Lipinski definition) is 1. The van der Waals surface area contributed by atoms with Gasteiger partial charge in [0.05, 0.1) is 12.2 Å². The van der Waals surface area contributed by atoms with E-state index < -0.39 is 0 Å². The maximum atomic E-state index is 5.89. The van der Waals surface area contributed by atoms with Crippen molar-refractivity contribution in [2.75, 3.05) is 5.73 Å². The molecule has 2 aromatic rings. The number of nitrogens with two attached hydrogens (primary N) is 1. The first-order chi connectivity index (χ1) is 8.39. The van der Waals surface area contributed by atoms with Crippen molar-refractivity contribution in [1.82, 2.24) is 24.5 Å². The van der Waals surface area contributed by atoms with Crippen LogP contribution in [0, 0.1) is 0 Å². The molecule has 0 aliphatic heterocycles. The fourth-order valence-electron chi connectivity index (χ4n) is 2.10. The van der Waals surface area contributed by atoms with Crippen molar-refractivity contribution >= 4 is 5.82 Å². The van der Waals surface area contributed by atoms with Crippen LogP contribution in [0.15, 0.2) is 12.4 Å². The molecule has 0 bridgehead atoms. The maximum absolute atomic E-state index is 5.89. The Kier molecular flexibility index (Phi) is 3.11. The number of nitrogen functional groups attached to an aromatic ring is 1. The molecule has 0 saturated heterocycles. The van der Waals surface area contributed by atoms with Crippen molar-refractivity contribution in [2.24, 2.45) is 7.05 Å². The summed E-state index contributed by atoms with van der Waals surface area (Å²) >= 11 is 0. The van der Waals surface area contributed by atoms with Gasteiger partial charge in [-0.1, -0.05) is 26.0 Å². The average molecular weight is 248 g/mol. The van der Waals surface area contributed by atoms with Crippen LogP contribution in [-0.2, 0) is 25.4 Å². The minimum atomic E-state index is -0.0603. The predicted molar refractivity (Wildman–Crippen MR) is 70.0 cm³/mol. The lowest BCUT2D eigenvalue weighted by Crippen LogP contribution is -2.21. The van der Waals surface area contributed by atoms with E-state index in [2.05, 4.69) is 36.1 Å². The van der Waals surface area contributed by atoms with Gasteiger partial charge in [0.1, 0.15) is 5.82 Å². The van der Waals surface area contributed by atoms with Crippen LogP contribution < -0.4 is 5.73 Å². The van der Waals surface area contributed by atoms with Crippen LogP contribution in [0.3, 0.4) is 0 Å². The van der Waals surface area contributed by atoms with E-state index >= 15 is 0 Å². The van der Waals surface area contributed by atoms with Crippen molar-refractivity contribution in [3.8, 4) is 0 Å². The summed E-state index contributed by atoms with van der Waals surface area (Å²) in [6.45, 7) is 7.07. The second-order valence-corrected chi connectivity index (χ2v) is 5.50. The van der Waals surface area contributed by atoms with Crippen LogP contribution in [0.4, 0.5) is 5.82 Å². The molecule has 6 nitrogen and oxygen atoms in total. The Balaban J connectivity index is 2.18. The van der Waals surface area contributed by atoms with Gasteiger partial charge in [0.25, 0.3) is 0 Å². The highest BCUT2D eigenvalue weighted by Gasteiger charge is 2.23. The SMILES string of the molecule is Cn1ccnc1CCn1nnc(N)c1C(C)(C)C. The summed E-state index contributed by atoms with van der Waals surface area (Å²) in [6, 6.07) is 0. The normalized spacial score (nSPS) is 12.0. The minimum absolute atomic E-state index is 0.0603. The van der Waals surface area contributed by atoms with Crippen LogP contribution >= 0.6 is 0 Å². The Hall–Kier alpha value is -1.85. The van der Waals surface area contributed by atoms with Crippen molar-refractivity contribution in [3.05, 3.63) is 23.9 Å². The number of anilines is 1. The molecule has 2 rings (SSSR count). The summed E-state index contributed by atoms with van der Waals surface area (Å²) in [4.78, 5) is 4.30. The number of imidazole rings is 1. The van der Waals surface area contributed by atoms with Crippen LogP contribution in [-0.4, -0.2) is 24.5 Å². The average Bonchev–Trinajstić information content (AvgIpc) is 2.81. The quantitative estimate of drug-likeness (QED) is 0.883. The standard InChI is InChI=1S/C12H20N6/c1-12(2,3)10-11(13)15-16-18(10)7-5-9-14-6-8-17(9)4/h6,8H,5,7,13H2,1-4H3. The van der Waals surface area contributed by atoms with E-state index in [4.69, 9.17) is 5.73 Å². The first-order valence-corrected chi connectivity index (χ1v) is 6.05. The second kappa shape index (κ2) is 4.44. The molecule has 0 radical (unpaired) electrons. The van der Waals surface area contributed by atoms with Gasteiger partial charge >= 0.3 is 0 Å². The van der Waals surface area contributed by atoms with Crippen LogP contribution in [0.2, 0.25) is 0 Å². The van der Waals surface area contributed by atoms with Crippen molar-refractivity contribution in [2.45, 2.75) is 39.2 Å². The zero-order valence-electron chi connectivity index (χ0n) is 11.4. The lowest BCUT2D eigenvalue weighted by molar-refractivity contribution is 0.475. The Morgan fingerprint density at radius 1 is 1.33 bits per heavy atom. The number of nitrogens with zero attached hydrogens (tertiary/aromatic N) is 5. The van der Waals surface area contributed by atoms with Gasteiger partial charge < -0.3 is 10.3 Å². The third kappa shape index (κ3) is 2.37. The van der Waals surface area contributed by atoms with Gasteiger partial charge in [0.15, 0.2) is 5.82 Å². The van der Waals surface area contributed by atoms with E-state index in [9.17, 15) is 0 Å². The Morgan fingerprint density at radius 3 is 2.61 bits per heavy atom. The fraction of sp³-hybridized carbons (Fsp3) is 0.583. The molecule has 0 saturated carbocycles. The molecule has 0 amide bonds. The van der Waals surface area contributed by atoms with E-state index in [0.29, 0.717) is 5.82 Å². The predicted octanol–water partition coefficient (Wildman–Crippen LogP) is 1.13. The lowest BCUT2D eigenvalue weighted by atomic mass is 9.92. The second-order valence-electron chi connectivity index (χ2n) is 5.50. The Labute approximate surface area is 107 Å². The van der Waals surface area contributed by atoms with Gasteiger partial charge in [-0.2, -0.15) is 0 Å². The molecule has 0 fully saturated rings. The maximum Gasteiger partial charge on any atom is 0.169 e. The molecule has 0 unspecified atom stereocenters. The Bertz CT molecular complexity index is 531. The molecule has 2 N–H and O–H groups in total. The van der Waals surface area contributed by atoms with Crippen LogP contribution in [0.25, 0.3) is 0 Å². The summed E-state index contributed by atoms with van der Waals surface area (Å²) in [7, 11) is 1.99. The molecule has 2 aromatic heterocycles. The van der Waals surface area contributed by atoms with Crippen LogP contribution in [0.5, 0.6) is 0 Å². The van der Waals surface area contributed by atoms with E-state index in [1.54, 1.807) is 6.20 Å². The monoisotopic (exact) mass is 248 g/mol. The van der Waals surface area contributed by atoms with Crippen LogP contribution in [0.1, 0.15) is 32.3 Å². The van der Waals surface area contributed by atoms with Crippen molar-refractivity contribution < 1.29 is 0 Å². The zero-order valence-corrected chi connectivity index (χ0v) is 11.4. The van der Waals surface area contributed by atoms with Gasteiger partial charge in [-0.15, -0.1) is 5.10 Å². The number of aryl methyl sites for hydroxylation is 3. The van der Waals surface area contributed by atoms with Gasteiger partial charge in [0.2, 0.25) is 0 Å². The van der Waals surface area contributed by atoms with E-state index in [1.807, 2.05) is 22.5 Å². The number of aromatic nitrogens is 5. The largest absolute Gasteiger partial charge is 0.381 e. The molecule has 0 aliphatic rings. The molecule has 0 atom stereocenters. The molecular weight excluding hydrogens is 228 g/mol. The number of hydrogen-bond acceptors (Lipinski definition) is 4. The highest BCUT2D eigenvalue weighted by atomic mass is 15.4. The van der Waals surface area contributed by atoms with Gasteiger partial charge in [-0.25, -0.2) is 9.67 Å². The topological polar surface area (TPSA) is 74.5 Å². The fourth-order valence-corrected chi connectivity index (χ4v) is 2.10. The molecule has 0 aromatic carbocycles. The highest BCUT2D eigenvalue weighted by molar-refractivity contribution is 5.37. The summed E-state index contributed by atoms with van der Waals surface area (Å²) in [5, 5.41) is 8.08. The molecule has 18 heavy (non-hydrogen) atoms. The third-order valence-corrected chi connectivity index (χ3v) is 2.94. The first-order valence-electron chi connectivity index (χ1n) is 6.05. The van der Waals surface area contributed by atoms with Gasteiger partial charge in [-0.05, 0) is 0 Å². The Morgan fingerprint density at radius 2 is 2.06 bits per heavy atom. The highest BCUT2D eigenvalue weighted by Crippen LogP contribution is 2.25. The molecule has 98 valence electrons. The molecular formula is C12H20N6. The van der Waals surface area contributed by atoms with Gasteiger partial charge in [-0.3, -0.25) is 0 Å². The third-order valence-electron chi connectivity index (χ3n) is 2.94.